The Morgan fingerprint density at radius 1 is 1.00 bits per heavy atom. The summed E-state index contributed by atoms with van der Waals surface area (Å²) >= 11 is 0. The lowest BCUT2D eigenvalue weighted by atomic mass is 10.1. The lowest BCUT2D eigenvalue weighted by molar-refractivity contribution is -0.137. The quantitative estimate of drug-likeness (QED) is 0.795. The van der Waals surface area contributed by atoms with Gasteiger partial charge in [-0.1, -0.05) is 0 Å². The monoisotopic (exact) mass is 391 g/mol. The summed E-state index contributed by atoms with van der Waals surface area (Å²) in [4.78, 5) is 16.6. The normalized spacial score (nSPS) is 14.7. The molecule has 0 saturated carbocycles. The maximum atomic E-state index is 13.2. The number of anilines is 3. The van der Waals surface area contributed by atoms with Crippen molar-refractivity contribution >= 4 is 23.0 Å². The number of amides is 1. The molecule has 0 aliphatic carbocycles. The topological polar surface area (TPSA) is 35.6 Å². The molecule has 7 heteroatoms. The first kappa shape index (κ1) is 20.0. The summed E-state index contributed by atoms with van der Waals surface area (Å²) < 4.78 is 39.6. The number of hydrogen-bond donors (Lipinski definition) is 1. The lowest BCUT2D eigenvalue weighted by Crippen LogP contribution is -2.30. The van der Waals surface area contributed by atoms with Crippen LogP contribution in [0.3, 0.4) is 0 Å². The van der Waals surface area contributed by atoms with Crippen molar-refractivity contribution in [2.45, 2.75) is 25.4 Å². The van der Waals surface area contributed by atoms with Gasteiger partial charge in [-0.05, 0) is 61.7 Å². The molecule has 1 N–H and O–H groups in total. The second-order valence-corrected chi connectivity index (χ2v) is 7.17. The fourth-order valence-corrected chi connectivity index (χ4v) is 3.33. The smallest absolute Gasteiger partial charge is 0.378 e. The predicted octanol–water partition coefficient (Wildman–Crippen LogP) is 5.01. The van der Waals surface area contributed by atoms with Crippen molar-refractivity contribution in [3.8, 4) is 0 Å². The molecule has 1 aliphatic rings. The van der Waals surface area contributed by atoms with Gasteiger partial charge < -0.3 is 15.1 Å². The lowest BCUT2D eigenvalue weighted by Gasteiger charge is -2.31. The third-order valence-corrected chi connectivity index (χ3v) is 4.91. The van der Waals surface area contributed by atoms with Gasteiger partial charge in [0, 0.05) is 38.4 Å². The summed E-state index contributed by atoms with van der Waals surface area (Å²) in [5.41, 5.74) is 1.38. The van der Waals surface area contributed by atoms with Gasteiger partial charge in [0.1, 0.15) is 0 Å². The molecule has 0 bridgehead atoms. The number of halogens is 3. The number of carbonyl (C=O) groups is 1. The molecule has 1 fully saturated rings. The number of alkyl halides is 3. The van der Waals surface area contributed by atoms with Gasteiger partial charge in [-0.3, -0.25) is 4.79 Å². The van der Waals surface area contributed by atoms with Crippen molar-refractivity contribution in [1.82, 2.24) is 0 Å². The number of piperidine rings is 1. The minimum Gasteiger partial charge on any atom is -0.378 e. The van der Waals surface area contributed by atoms with Crippen LogP contribution in [0, 0.1) is 0 Å². The van der Waals surface area contributed by atoms with Gasteiger partial charge in [0.25, 0.3) is 5.91 Å². The largest absolute Gasteiger partial charge is 0.416 e. The molecule has 4 nitrogen and oxygen atoms in total. The second kappa shape index (κ2) is 8.12. The number of benzene rings is 2. The van der Waals surface area contributed by atoms with Crippen LogP contribution in [0.1, 0.15) is 35.2 Å². The Morgan fingerprint density at radius 2 is 1.64 bits per heavy atom. The SMILES string of the molecule is CN(C)c1ccc(C(=O)Nc2cc(C(F)(F)F)ccc2N2CCCCC2)cc1. The molecule has 0 spiro atoms. The Morgan fingerprint density at radius 3 is 2.21 bits per heavy atom. The summed E-state index contributed by atoms with van der Waals surface area (Å²) in [6.07, 6.45) is -1.38. The van der Waals surface area contributed by atoms with Gasteiger partial charge in [0.2, 0.25) is 0 Å². The minimum atomic E-state index is -4.47. The third kappa shape index (κ3) is 4.58. The van der Waals surface area contributed by atoms with Crippen LogP contribution in [0.4, 0.5) is 30.2 Å². The third-order valence-electron chi connectivity index (χ3n) is 4.91. The van der Waals surface area contributed by atoms with Crippen molar-refractivity contribution < 1.29 is 18.0 Å². The first-order valence-corrected chi connectivity index (χ1v) is 9.30. The highest BCUT2D eigenvalue weighted by Gasteiger charge is 2.32. The number of carbonyl (C=O) groups excluding carboxylic acids is 1. The van der Waals surface area contributed by atoms with Crippen LogP contribution in [0.15, 0.2) is 42.5 Å². The molecule has 1 saturated heterocycles. The zero-order valence-electron chi connectivity index (χ0n) is 16.0. The van der Waals surface area contributed by atoms with E-state index >= 15 is 0 Å². The maximum absolute atomic E-state index is 13.2. The Hall–Kier alpha value is -2.70. The highest BCUT2D eigenvalue weighted by molar-refractivity contribution is 6.06. The van der Waals surface area contributed by atoms with Crippen LogP contribution in [0.2, 0.25) is 0 Å². The predicted molar refractivity (Wildman–Crippen MR) is 106 cm³/mol. The Kier molecular flexibility index (Phi) is 5.82. The van der Waals surface area contributed by atoms with E-state index in [-0.39, 0.29) is 5.69 Å². The zero-order chi connectivity index (χ0) is 20.3. The number of rotatable bonds is 4. The Balaban J connectivity index is 1.90. The number of nitrogens with one attached hydrogen (secondary N) is 1. The average molecular weight is 391 g/mol. The summed E-state index contributed by atoms with van der Waals surface area (Å²) in [6, 6.07) is 10.5. The van der Waals surface area contributed by atoms with Crippen molar-refractivity contribution in [1.29, 1.82) is 0 Å². The van der Waals surface area contributed by atoms with Gasteiger partial charge in [0.15, 0.2) is 0 Å². The van der Waals surface area contributed by atoms with Crippen molar-refractivity contribution in [3.05, 3.63) is 53.6 Å². The molecule has 1 aliphatic heterocycles. The molecule has 150 valence electrons. The molecule has 1 amide bonds. The Bertz CT molecular complexity index is 826. The van der Waals surface area contributed by atoms with Crippen LogP contribution in [0.25, 0.3) is 0 Å². The fourth-order valence-electron chi connectivity index (χ4n) is 3.33. The molecule has 0 unspecified atom stereocenters. The minimum absolute atomic E-state index is 0.193. The molecule has 2 aromatic rings. The van der Waals surface area contributed by atoms with Crippen LogP contribution >= 0.6 is 0 Å². The van der Waals surface area contributed by atoms with E-state index < -0.39 is 17.6 Å². The highest BCUT2D eigenvalue weighted by Crippen LogP contribution is 2.36. The first-order chi connectivity index (χ1) is 13.3. The number of hydrogen-bond acceptors (Lipinski definition) is 3. The Labute approximate surface area is 162 Å². The van der Waals surface area contributed by atoms with E-state index in [0.29, 0.717) is 11.3 Å². The summed E-state index contributed by atoms with van der Waals surface area (Å²) in [5, 5.41) is 2.69. The summed E-state index contributed by atoms with van der Waals surface area (Å²) in [7, 11) is 3.78. The van der Waals surface area contributed by atoms with E-state index in [4.69, 9.17) is 0 Å². The van der Waals surface area contributed by atoms with E-state index in [9.17, 15) is 18.0 Å². The second-order valence-electron chi connectivity index (χ2n) is 7.17. The molecule has 1 heterocycles. The molecular formula is C21H24F3N3O. The standard InChI is InChI=1S/C21H24F3N3O/c1-26(2)17-9-6-15(7-10-17)20(28)25-18-14-16(21(22,23)24)8-11-19(18)27-12-4-3-5-13-27/h6-11,14H,3-5,12-13H2,1-2H3,(H,25,28). The van der Waals surface area contributed by atoms with Crippen LogP contribution in [0.5, 0.6) is 0 Å². The molecule has 0 radical (unpaired) electrons. The van der Waals surface area contributed by atoms with Gasteiger partial charge in [0.05, 0.1) is 16.9 Å². The van der Waals surface area contributed by atoms with Crippen molar-refractivity contribution in [2.75, 3.05) is 42.3 Å². The van der Waals surface area contributed by atoms with E-state index in [1.807, 2.05) is 23.9 Å². The molecule has 0 atom stereocenters. The average Bonchev–Trinajstić information content (AvgIpc) is 2.68. The highest BCUT2D eigenvalue weighted by atomic mass is 19.4. The van der Waals surface area contributed by atoms with Gasteiger partial charge in [-0.25, -0.2) is 0 Å². The molecule has 3 rings (SSSR count). The fraction of sp³-hybridized carbons (Fsp3) is 0.381. The van der Waals surface area contributed by atoms with Crippen molar-refractivity contribution in [2.24, 2.45) is 0 Å². The van der Waals surface area contributed by atoms with Gasteiger partial charge in [-0.15, -0.1) is 0 Å². The van der Waals surface area contributed by atoms with Crippen molar-refractivity contribution in [3.63, 3.8) is 0 Å². The first-order valence-electron chi connectivity index (χ1n) is 9.30. The zero-order valence-corrected chi connectivity index (χ0v) is 16.0. The van der Waals surface area contributed by atoms with Crippen LogP contribution < -0.4 is 15.1 Å². The van der Waals surface area contributed by atoms with E-state index in [1.54, 1.807) is 24.3 Å². The van der Waals surface area contributed by atoms with E-state index in [0.717, 1.165) is 50.2 Å². The molecular weight excluding hydrogens is 367 g/mol. The van der Waals surface area contributed by atoms with Gasteiger partial charge in [-0.2, -0.15) is 13.2 Å². The summed E-state index contributed by atoms with van der Waals surface area (Å²) in [5.74, 6) is -0.428. The molecule has 0 aromatic heterocycles. The van der Waals surface area contributed by atoms with E-state index in [1.165, 1.54) is 6.07 Å². The van der Waals surface area contributed by atoms with Gasteiger partial charge >= 0.3 is 6.18 Å². The van der Waals surface area contributed by atoms with Crippen LogP contribution in [-0.4, -0.2) is 33.1 Å². The van der Waals surface area contributed by atoms with Crippen LogP contribution in [-0.2, 0) is 6.18 Å². The maximum Gasteiger partial charge on any atom is 0.416 e. The number of nitrogens with zero attached hydrogens (tertiary/aromatic N) is 2. The molecule has 2 aromatic carbocycles. The molecule has 28 heavy (non-hydrogen) atoms. The van der Waals surface area contributed by atoms with E-state index in [2.05, 4.69) is 5.32 Å². The summed E-state index contributed by atoms with van der Waals surface area (Å²) in [6.45, 7) is 1.54.